The minimum atomic E-state index is 0.900. The second-order valence-corrected chi connectivity index (χ2v) is 4.53. The molecule has 0 bridgehead atoms. The standard InChI is InChI=1S/C13H13BrN2/c1-15-7-10-2-4-11(5-3-10)12-6-13(14)9-16-8-12/h2-6,8-9,15H,7H2,1H3. The third-order valence-corrected chi connectivity index (χ3v) is 2.81. The smallest absolute Gasteiger partial charge is 0.0410 e. The van der Waals surface area contributed by atoms with Gasteiger partial charge >= 0.3 is 0 Å². The molecule has 2 nitrogen and oxygen atoms in total. The van der Waals surface area contributed by atoms with Gasteiger partial charge in [0.2, 0.25) is 0 Å². The van der Waals surface area contributed by atoms with Gasteiger partial charge in [0.05, 0.1) is 0 Å². The highest BCUT2D eigenvalue weighted by molar-refractivity contribution is 9.10. The quantitative estimate of drug-likeness (QED) is 0.931. The molecular formula is C13H13BrN2. The normalized spacial score (nSPS) is 10.4. The van der Waals surface area contributed by atoms with E-state index in [1.807, 2.05) is 13.2 Å². The van der Waals surface area contributed by atoms with Crippen molar-refractivity contribution in [2.75, 3.05) is 7.05 Å². The Bertz CT molecular complexity index is 466. The third kappa shape index (κ3) is 2.68. The molecule has 0 aliphatic heterocycles. The van der Waals surface area contributed by atoms with E-state index in [4.69, 9.17) is 0 Å². The number of pyridine rings is 1. The van der Waals surface area contributed by atoms with Crippen molar-refractivity contribution >= 4 is 15.9 Å². The number of hydrogen-bond acceptors (Lipinski definition) is 2. The van der Waals surface area contributed by atoms with E-state index in [1.165, 1.54) is 11.1 Å². The first-order valence-electron chi connectivity index (χ1n) is 5.14. The van der Waals surface area contributed by atoms with Gasteiger partial charge in [0, 0.05) is 29.0 Å². The summed E-state index contributed by atoms with van der Waals surface area (Å²) in [6.07, 6.45) is 3.66. The van der Waals surface area contributed by atoms with Crippen LogP contribution in [0.4, 0.5) is 0 Å². The average molecular weight is 277 g/mol. The van der Waals surface area contributed by atoms with E-state index in [9.17, 15) is 0 Å². The van der Waals surface area contributed by atoms with Crippen LogP contribution in [0.5, 0.6) is 0 Å². The minimum Gasteiger partial charge on any atom is -0.316 e. The van der Waals surface area contributed by atoms with Crippen molar-refractivity contribution in [2.45, 2.75) is 6.54 Å². The lowest BCUT2D eigenvalue weighted by Gasteiger charge is -2.04. The summed E-state index contributed by atoms with van der Waals surface area (Å²) in [5.41, 5.74) is 3.60. The van der Waals surface area contributed by atoms with E-state index >= 15 is 0 Å². The SMILES string of the molecule is CNCc1ccc(-c2cncc(Br)c2)cc1. The van der Waals surface area contributed by atoms with E-state index in [0.29, 0.717) is 0 Å². The Morgan fingerprint density at radius 3 is 2.50 bits per heavy atom. The number of nitrogens with zero attached hydrogens (tertiary/aromatic N) is 1. The molecule has 0 aliphatic carbocycles. The molecular weight excluding hydrogens is 264 g/mol. The highest BCUT2D eigenvalue weighted by Crippen LogP contribution is 2.21. The van der Waals surface area contributed by atoms with Crippen LogP contribution in [0.1, 0.15) is 5.56 Å². The Morgan fingerprint density at radius 2 is 1.88 bits per heavy atom. The maximum atomic E-state index is 4.16. The monoisotopic (exact) mass is 276 g/mol. The van der Waals surface area contributed by atoms with Crippen LogP contribution in [0.25, 0.3) is 11.1 Å². The average Bonchev–Trinajstić information content (AvgIpc) is 2.30. The van der Waals surface area contributed by atoms with Gasteiger partial charge in [0.15, 0.2) is 0 Å². The van der Waals surface area contributed by atoms with E-state index in [0.717, 1.165) is 16.6 Å². The first-order chi connectivity index (χ1) is 7.79. The number of halogens is 1. The van der Waals surface area contributed by atoms with E-state index < -0.39 is 0 Å². The summed E-state index contributed by atoms with van der Waals surface area (Å²) in [6.45, 7) is 0.900. The molecule has 2 rings (SSSR count). The lowest BCUT2D eigenvalue weighted by atomic mass is 10.1. The van der Waals surface area contributed by atoms with Crippen LogP contribution in [0.15, 0.2) is 47.2 Å². The largest absolute Gasteiger partial charge is 0.316 e. The fourth-order valence-corrected chi connectivity index (χ4v) is 1.95. The van der Waals surface area contributed by atoms with Crippen LogP contribution >= 0.6 is 15.9 Å². The molecule has 0 saturated heterocycles. The molecule has 0 atom stereocenters. The molecule has 0 fully saturated rings. The second-order valence-electron chi connectivity index (χ2n) is 3.62. The third-order valence-electron chi connectivity index (χ3n) is 2.37. The topological polar surface area (TPSA) is 24.9 Å². The van der Waals surface area contributed by atoms with Gasteiger partial charge in [-0.1, -0.05) is 24.3 Å². The molecule has 1 heterocycles. The van der Waals surface area contributed by atoms with Crippen molar-refractivity contribution in [1.82, 2.24) is 10.3 Å². The Hall–Kier alpha value is -1.19. The Balaban J connectivity index is 2.27. The van der Waals surface area contributed by atoms with Gasteiger partial charge in [-0.25, -0.2) is 0 Å². The zero-order valence-electron chi connectivity index (χ0n) is 9.07. The molecule has 1 aromatic carbocycles. The summed E-state index contributed by atoms with van der Waals surface area (Å²) in [7, 11) is 1.95. The molecule has 0 radical (unpaired) electrons. The molecule has 3 heteroatoms. The highest BCUT2D eigenvalue weighted by atomic mass is 79.9. The number of aromatic nitrogens is 1. The summed E-state index contributed by atoms with van der Waals surface area (Å²) in [6, 6.07) is 10.6. The van der Waals surface area contributed by atoms with E-state index in [2.05, 4.69) is 56.6 Å². The molecule has 82 valence electrons. The predicted molar refractivity (Wildman–Crippen MR) is 70.1 cm³/mol. The highest BCUT2D eigenvalue weighted by Gasteiger charge is 1.99. The molecule has 0 unspecified atom stereocenters. The minimum absolute atomic E-state index is 0.900. The summed E-state index contributed by atoms with van der Waals surface area (Å²) >= 11 is 3.43. The van der Waals surface area contributed by atoms with Gasteiger partial charge in [-0.3, -0.25) is 4.98 Å². The van der Waals surface area contributed by atoms with Crippen LogP contribution < -0.4 is 5.32 Å². The van der Waals surface area contributed by atoms with Gasteiger partial charge in [-0.05, 0) is 40.2 Å². The van der Waals surface area contributed by atoms with Crippen LogP contribution in [0.3, 0.4) is 0 Å². The lowest BCUT2D eigenvalue weighted by molar-refractivity contribution is 0.818. The Labute approximate surface area is 104 Å². The molecule has 1 aromatic heterocycles. The van der Waals surface area contributed by atoms with Crippen LogP contribution in [-0.4, -0.2) is 12.0 Å². The van der Waals surface area contributed by atoms with Crippen molar-refractivity contribution in [1.29, 1.82) is 0 Å². The van der Waals surface area contributed by atoms with Crippen LogP contribution in [-0.2, 0) is 6.54 Å². The molecule has 0 saturated carbocycles. The maximum Gasteiger partial charge on any atom is 0.0410 e. The van der Waals surface area contributed by atoms with Crippen molar-refractivity contribution in [3.63, 3.8) is 0 Å². The number of rotatable bonds is 3. The fraction of sp³-hybridized carbons (Fsp3) is 0.154. The van der Waals surface area contributed by atoms with Gasteiger partial charge < -0.3 is 5.32 Å². The number of hydrogen-bond donors (Lipinski definition) is 1. The van der Waals surface area contributed by atoms with Crippen molar-refractivity contribution < 1.29 is 0 Å². The lowest BCUT2D eigenvalue weighted by Crippen LogP contribution is -2.04. The summed E-state index contributed by atoms with van der Waals surface area (Å²) < 4.78 is 1.00. The van der Waals surface area contributed by atoms with Crippen molar-refractivity contribution in [3.05, 3.63) is 52.8 Å². The molecule has 16 heavy (non-hydrogen) atoms. The first-order valence-corrected chi connectivity index (χ1v) is 5.93. The zero-order valence-corrected chi connectivity index (χ0v) is 10.7. The van der Waals surface area contributed by atoms with Gasteiger partial charge in [0.1, 0.15) is 0 Å². The maximum absolute atomic E-state index is 4.16. The van der Waals surface area contributed by atoms with Crippen LogP contribution in [0.2, 0.25) is 0 Å². The zero-order chi connectivity index (χ0) is 11.4. The molecule has 0 aliphatic rings. The molecule has 0 amide bonds. The molecule has 0 spiro atoms. The fourth-order valence-electron chi connectivity index (χ4n) is 1.59. The van der Waals surface area contributed by atoms with Gasteiger partial charge in [-0.2, -0.15) is 0 Å². The van der Waals surface area contributed by atoms with Gasteiger partial charge in [0.25, 0.3) is 0 Å². The number of benzene rings is 1. The summed E-state index contributed by atoms with van der Waals surface area (Å²) in [5.74, 6) is 0. The van der Waals surface area contributed by atoms with E-state index in [-0.39, 0.29) is 0 Å². The Kier molecular flexibility index (Phi) is 3.70. The van der Waals surface area contributed by atoms with Crippen molar-refractivity contribution in [3.8, 4) is 11.1 Å². The summed E-state index contributed by atoms with van der Waals surface area (Å²) in [5, 5.41) is 3.13. The predicted octanol–water partition coefficient (Wildman–Crippen LogP) is 3.23. The van der Waals surface area contributed by atoms with E-state index in [1.54, 1.807) is 6.20 Å². The number of nitrogens with one attached hydrogen (secondary N) is 1. The Morgan fingerprint density at radius 1 is 1.12 bits per heavy atom. The first kappa shape index (κ1) is 11.3. The molecule has 1 N–H and O–H groups in total. The molecule has 2 aromatic rings. The van der Waals surface area contributed by atoms with Crippen molar-refractivity contribution in [2.24, 2.45) is 0 Å². The van der Waals surface area contributed by atoms with Gasteiger partial charge in [-0.15, -0.1) is 0 Å². The second kappa shape index (κ2) is 5.23. The van der Waals surface area contributed by atoms with Crippen LogP contribution in [0, 0.1) is 0 Å². The summed E-state index contributed by atoms with van der Waals surface area (Å²) in [4.78, 5) is 4.16.